The van der Waals surface area contributed by atoms with Crippen molar-refractivity contribution in [1.82, 2.24) is 9.80 Å². The number of nitrogens with two attached hydrogens (primary N) is 1. The lowest BCUT2D eigenvalue weighted by atomic mass is 9.90. The van der Waals surface area contributed by atoms with E-state index in [0.717, 1.165) is 22.7 Å². The fraction of sp³-hybridized carbons (Fsp3) is 0.450. The van der Waals surface area contributed by atoms with Crippen LogP contribution >= 0.6 is 0 Å². The highest BCUT2D eigenvalue weighted by Gasteiger charge is 2.41. The molecule has 4 heterocycles. The van der Waals surface area contributed by atoms with Crippen molar-refractivity contribution in [2.45, 2.75) is 24.9 Å². The Morgan fingerprint density at radius 3 is 2.71 bits per heavy atom. The summed E-state index contributed by atoms with van der Waals surface area (Å²) in [6.07, 6.45) is 3.35. The molecule has 144 valence electrons. The first kappa shape index (κ1) is 17.2. The van der Waals surface area contributed by atoms with E-state index in [9.17, 15) is 9.59 Å². The largest absolute Gasteiger partial charge is 0.339 e. The molecule has 2 N–H and O–H groups in total. The van der Waals surface area contributed by atoms with Gasteiger partial charge in [0.15, 0.2) is 0 Å². The number of fused-ring (bicyclic) bond motifs is 2. The molecule has 4 aliphatic rings. The van der Waals surface area contributed by atoms with E-state index in [1.807, 2.05) is 30.3 Å². The van der Waals surface area contributed by atoms with Crippen molar-refractivity contribution in [1.29, 1.82) is 0 Å². The van der Waals surface area contributed by atoms with Gasteiger partial charge >= 0.3 is 0 Å². The molecule has 2 fully saturated rings. The summed E-state index contributed by atoms with van der Waals surface area (Å²) in [6.45, 7) is 2.21. The molecule has 5 rings (SSSR count). The molecule has 0 aromatic heterocycles. The van der Waals surface area contributed by atoms with Crippen molar-refractivity contribution in [3.05, 3.63) is 34.8 Å². The van der Waals surface area contributed by atoms with Crippen LogP contribution in [0, 0.1) is 5.92 Å². The Kier molecular flexibility index (Phi) is 4.08. The van der Waals surface area contributed by atoms with Crippen LogP contribution in [-0.4, -0.2) is 71.3 Å². The Morgan fingerprint density at radius 2 is 1.93 bits per heavy atom. The summed E-state index contributed by atoms with van der Waals surface area (Å²) in [5.74, 6) is -0.349. The number of hydrogen-bond donors (Lipinski definition) is 1. The van der Waals surface area contributed by atoms with Crippen molar-refractivity contribution >= 4 is 29.3 Å². The van der Waals surface area contributed by atoms with Gasteiger partial charge in [0.1, 0.15) is 11.8 Å². The predicted octanol–water partition coefficient (Wildman–Crippen LogP) is -1.31. The van der Waals surface area contributed by atoms with Crippen LogP contribution in [0.1, 0.15) is 12.8 Å². The lowest BCUT2D eigenvalue weighted by molar-refractivity contribution is -0.131. The van der Waals surface area contributed by atoms with E-state index < -0.39 is 6.04 Å². The Morgan fingerprint density at radius 1 is 1.07 bits per heavy atom. The van der Waals surface area contributed by atoms with Crippen LogP contribution in [0.15, 0.2) is 39.5 Å². The summed E-state index contributed by atoms with van der Waals surface area (Å²) in [5, 5.41) is 10.2. The predicted molar refractivity (Wildman–Crippen MR) is 104 cm³/mol. The monoisotopic (exact) mass is 378 g/mol. The number of nitrogens with zero attached hydrogens (tertiary/aromatic N) is 5. The van der Waals surface area contributed by atoms with Crippen molar-refractivity contribution < 1.29 is 9.59 Å². The molecule has 4 aliphatic heterocycles. The van der Waals surface area contributed by atoms with Gasteiger partial charge in [0.05, 0.1) is 17.0 Å². The average molecular weight is 378 g/mol. The maximum Gasteiger partial charge on any atom is 0.270 e. The molecule has 2 unspecified atom stereocenters. The van der Waals surface area contributed by atoms with Crippen molar-refractivity contribution in [2.24, 2.45) is 26.8 Å². The molecule has 2 saturated heterocycles. The third-order valence-electron chi connectivity index (χ3n) is 5.91. The molecule has 28 heavy (non-hydrogen) atoms. The lowest BCUT2D eigenvalue weighted by Crippen LogP contribution is -2.51. The molecule has 1 aromatic carbocycles. The van der Waals surface area contributed by atoms with Crippen molar-refractivity contribution in [2.75, 3.05) is 26.2 Å². The third kappa shape index (κ3) is 2.84. The molecule has 0 aliphatic carbocycles. The van der Waals surface area contributed by atoms with E-state index in [0.29, 0.717) is 38.3 Å². The summed E-state index contributed by atoms with van der Waals surface area (Å²) in [6, 6.07) is 7.28. The molecule has 8 nitrogen and oxygen atoms in total. The second kappa shape index (κ2) is 6.63. The van der Waals surface area contributed by atoms with Crippen molar-refractivity contribution in [3.63, 3.8) is 0 Å². The van der Waals surface area contributed by atoms with E-state index >= 15 is 0 Å². The summed E-state index contributed by atoms with van der Waals surface area (Å²) >= 11 is 0. The zero-order chi connectivity index (χ0) is 19.3. The Labute approximate surface area is 162 Å². The molecule has 8 heteroatoms. The minimum Gasteiger partial charge on any atom is -0.339 e. The zero-order valence-corrected chi connectivity index (χ0v) is 15.5. The smallest absolute Gasteiger partial charge is 0.270 e. The minimum atomic E-state index is -0.495. The molecule has 2 amide bonds. The SMILES string of the molecule is N[C@H]1CCN(C(=O)C2=NN=C3CCN(C(=O)C4C=c5ccccc5=N4)CC32)C1. The van der Waals surface area contributed by atoms with Gasteiger partial charge in [-0.15, -0.1) is 5.10 Å². The standard InChI is InChI=1S/C20H22N6O2/c21-13-5-7-25(10-13)20(28)18-14-11-26(8-6-16(14)23-24-18)19(27)17-9-12-3-1-2-4-15(12)22-17/h1-4,9,13-14,17H,5-8,10-11,21H2/t13-,14?,17?/m0/s1. The lowest BCUT2D eigenvalue weighted by Gasteiger charge is -2.33. The van der Waals surface area contributed by atoms with E-state index in [4.69, 9.17) is 5.73 Å². The van der Waals surface area contributed by atoms with Crippen LogP contribution in [0.4, 0.5) is 0 Å². The zero-order valence-electron chi connectivity index (χ0n) is 15.5. The Bertz CT molecular complexity index is 994. The number of hydrogen-bond acceptors (Lipinski definition) is 6. The average Bonchev–Trinajstić information content (AvgIpc) is 3.43. The quantitative estimate of drug-likeness (QED) is 0.691. The fourth-order valence-electron chi connectivity index (χ4n) is 4.34. The Hall–Kier alpha value is -2.87. The summed E-state index contributed by atoms with van der Waals surface area (Å²) in [5.41, 5.74) is 7.27. The highest BCUT2D eigenvalue weighted by molar-refractivity contribution is 6.44. The summed E-state index contributed by atoms with van der Waals surface area (Å²) < 4.78 is 0. The van der Waals surface area contributed by atoms with Gasteiger partial charge in [-0.1, -0.05) is 18.2 Å². The first-order valence-electron chi connectivity index (χ1n) is 9.73. The van der Waals surface area contributed by atoms with Gasteiger partial charge in [0.2, 0.25) is 0 Å². The number of rotatable bonds is 2. The van der Waals surface area contributed by atoms with Crippen LogP contribution < -0.4 is 16.3 Å². The number of likely N-dealkylation sites (tertiary alicyclic amines) is 2. The number of benzene rings is 1. The maximum absolute atomic E-state index is 13.0. The van der Waals surface area contributed by atoms with Gasteiger partial charge in [-0.2, -0.15) is 5.10 Å². The molecule has 0 radical (unpaired) electrons. The highest BCUT2D eigenvalue weighted by Crippen LogP contribution is 2.24. The maximum atomic E-state index is 13.0. The minimum absolute atomic E-state index is 0.0249. The Balaban J connectivity index is 1.31. The van der Waals surface area contributed by atoms with E-state index in [2.05, 4.69) is 15.2 Å². The van der Waals surface area contributed by atoms with E-state index in [1.54, 1.807) is 9.80 Å². The topological polar surface area (TPSA) is 104 Å². The van der Waals surface area contributed by atoms with Crippen LogP contribution in [0.25, 0.3) is 6.08 Å². The number of carbonyl (C=O) groups excluding carboxylic acids is 2. The van der Waals surface area contributed by atoms with Crippen LogP contribution in [0.5, 0.6) is 0 Å². The van der Waals surface area contributed by atoms with Gasteiger partial charge < -0.3 is 15.5 Å². The molecule has 0 bridgehead atoms. The molecular formula is C20H22N6O2. The number of amides is 2. The summed E-state index contributed by atoms with van der Waals surface area (Å²) in [4.78, 5) is 34.0. The number of piperidine rings is 1. The van der Waals surface area contributed by atoms with Crippen molar-refractivity contribution in [3.8, 4) is 0 Å². The van der Waals surface area contributed by atoms with Gasteiger partial charge in [-0.25, -0.2) is 0 Å². The van der Waals surface area contributed by atoms with Crippen LogP contribution in [-0.2, 0) is 9.59 Å². The highest BCUT2D eigenvalue weighted by atomic mass is 16.2. The van der Waals surface area contributed by atoms with E-state index in [-0.39, 0.29) is 23.8 Å². The normalized spacial score (nSPS) is 28.1. The number of para-hydroxylation sites is 1. The first-order chi connectivity index (χ1) is 13.6. The van der Waals surface area contributed by atoms with Gasteiger partial charge in [-0.05, 0) is 23.8 Å². The van der Waals surface area contributed by atoms with Crippen LogP contribution in [0.2, 0.25) is 0 Å². The second-order valence-electron chi connectivity index (χ2n) is 7.76. The van der Waals surface area contributed by atoms with Gasteiger partial charge in [0, 0.05) is 38.6 Å². The van der Waals surface area contributed by atoms with E-state index in [1.165, 1.54) is 0 Å². The van der Waals surface area contributed by atoms with Crippen LogP contribution in [0.3, 0.4) is 0 Å². The molecule has 3 atom stereocenters. The second-order valence-corrected chi connectivity index (χ2v) is 7.76. The molecule has 0 spiro atoms. The molecule has 0 saturated carbocycles. The fourth-order valence-corrected chi connectivity index (χ4v) is 4.34. The first-order valence-corrected chi connectivity index (χ1v) is 9.73. The van der Waals surface area contributed by atoms with Gasteiger partial charge in [0.25, 0.3) is 11.8 Å². The summed E-state index contributed by atoms with van der Waals surface area (Å²) in [7, 11) is 0. The molecular weight excluding hydrogens is 356 g/mol. The van der Waals surface area contributed by atoms with Gasteiger partial charge in [-0.3, -0.25) is 14.6 Å². The third-order valence-corrected chi connectivity index (χ3v) is 5.91. The number of carbonyl (C=O) groups is 2. The molecule has 1 aromatic rings.